The molecule has 1 N–H and O–H groups in total. The molecule has 1 rings (SSSR count). The maximum atomic E-state index is 11.5. The Bertz CT molecular complexity index is 443. The average Bonchev–Trinajstić information content (AvgIpc) is 2.29. The number of carbonyl (C=O) groups is 2. The smallest absolute Gasteiger partial charge is 0.354 e. The molecular weight excluding hydrogens is 242 g/mol. The van der Waals surface area contributed by atoms with Crippen LogP contribution in [-0.2, 0) is 14.3 Å². The molecule has 0 radical (unpaired) electrons. The van der Waals surface area contributed by atoms with Crippen molar-refractivity contribution >= 4 is 30.1 Å². The summed E-state index contributed by atoms with van der Waals surface area (Å²) in [4.78, 5) is 21.9. The van der Waals surface area contributed by atoms with Crippen molar-refractivity contribution in [1.29, 1.82) is 0 Å². The lowest BCUT2D eigenvalue weighted by Gasteiger charge is -2.05. The molecule has 1 aromatic rings. The van der Waals surface area contributed by atoms with Crippen molar-refractivity contribution in [2.75, 3.05) is 6.61 Å². The van der Waals surface area contributed by atoms with Crippen molar-refractivity contribution in [3.8, 4) is 0 Å². The van der Waals surface area contributed by atoms with Gasteiger partial charge in [-0.2, -0.15) is 0 Å². The summed E-state index contributed by atoms with van der Waals surface area (Å²) in [5.74, 6) is -0.584. The van der Waals surface area contributed by atoms with Crippen molar-refractivity contribution in [1.82, 2.24) is 5.32 Å². The molecule has 0 aliphatic carbocycles. The van der Waals surface area contributed by atoms with Crippen molar-refractivity contribution in [3.63, 3.8) is 0 Å². The van der Waals surface area contributed by atoms with Gasteiger partial charge in [-0.3, -0.25) is 4.79 Å². The molecule has 90 valence electrons. The van der Waals surface area contributed by atoms with E-state index in [1.54, 1.807) is 31.2 Å². The highest BCUT2D eigenvalue weighted by Gasteiger charge is 2.09. The summed E-state index contributed by atoms with van der Waals surface area (Å²) >= 11 is 5.81. The summed E-state index contributed by atoms with van der Waals surface area (Å²) in [6, 6.07) is 6.90. The Hall–Kier alpha value is -1.81. The Morgan fingerprint density at radius 2 is 2.29 bits per heavy atom. The molecule has 0 bridgehead atoms. The zero-order chi connectivity index (χ0) is 12.7. The second-order valence-electron chi connectivity index (χ2n) is 3.10. The summed E-state index contributed by atoms with van der Waals surface area (Å²) in [5, 5.41) is 2.85. The van der Waals surface area contributed by atoms with Crippen LogP contribution in [0.15, 0.2) is 30.0 Å². The lowest BCUT2D eigenvalue weighted by Crippen LogP contribution is -2.20. The van der Waals surface area contributed by atoms with E-state index < -0.39 is 5.97 Å². The maximum Gasteiger partial charge on any atom is 0.354 e. The predicted octanol–water partition coefficient (Wildman–Crippen LogP) is 1.99. The van der Waals surface area contributed by atoms with Crippen LogP contribution in [0.3, 0.4) is 0 Å². The molecule has 5 heteroatoms. The first kappa shape index (κ1) is 13.3. The maximum absolute atomic E-state index is 11.5. The quantitative estimate of drug-likeness (QED) is 0.496. The topological polar surface area (TPSA) is 55.4 Å². The van der Waals surface area contributed by atoms with Crippen molar-refractivity contribution in [2.45, 2.75) is 6.92 Å². The molecule has 0 spiro atoms. The molecule has 0 fully saturated rings. The van der Waals surface area contributed by atoms with Gasteiger partial charge in [0, 0.05) is 5.02 Å². The fourth-order valence-electron chi connectivity index (χ4n) is 1.19. The minimum atomic E-state index is -0.584. The third kappa shape index (κ3) is 4.28. The highest BCUT2D eigenvalue weighted by molar-refractivity contribution is 6.30. The van der Waals surface area contributed by atoms with Crippen LogP contribution in [0.4, 0.5) is 0 Å². The number of esters is 1. The lowest BCUT2D eigenvalue weighted by molar-refractivity contribution is -0.139. The first-order valence-corrected chi connectivity index (χ1v) is 5.39. The Morgan fingerprint density at radius 3 is 2.88 bits per heavy atom. The molecule has 0 aliphatic heterocycles. The zero-order valence-electron chi connectivity index (χ0n) is 9.27. The van der Waals surface area contributed by atoms with E-state index in [4.69, 9.17) is 16.3 Å². The van der Waals surface area contributed by atoms with Crippen LogP contribution in [0.2, 0.25) is 5.02 Å². The fraction of sp³-hybridized carbons (Fsp3) is 0.167. The standard InChI is InChI=1S/C12H12ClNO3/c1-2-17-12(16)11(14-8-15)7-9-4-3-5-10(13)6-9/h3-8H,2H2,1H3,(H,14,15)/b11-7+. The average molecular weight is 254 g/mol. The Labute approximate surface area is 104 Å². The molecule has 0 unspecified atom stereocenters. The molecule has 0 aromatic heterocycles. The van der Waals surface area contributed by atoms with Crippen LogP contribution in [-0.4, -0.2) is 19.0 Å². The van der Waals surface area contributed by atoms with Crippen LogP contribution in [0, 0.1) is 0 Å². The molecule has 4 nitrogen and oxygen atoms in total. The summed E-state index contributed by atoms with van der Waals surface area (Å²) in [5.41, 5.74) is 0.777. The fourth-order valence-corrected chi connectivity index (χ4v) is 1.39. The van der Waals surface area contributed by atoms with Gasteiger partial charge in [0.05, 0.1) is 6.61 Å². The van der Waals surface area contributed by atoms with Gasteiger partial charge in [-0.05, 0) is 30.7 Å². The van der Waals surface area contributed by atoms with E-state index in [0.29, 0.717) is 17.0 Å². The number of carbonyl (C=O) groups excluding carboxylic acids is 2. The molecule has 0 atom stereocenters. The van der Waals surface area contributed by atoms with Crippen molar-refractivity contribution < 1.29 is 14.3 Å². The Morgan fingerprint density at radius 1 is 1.53 bits per heavy atom. The molecule has 1 aromatic carbocycles. The summed E-state index contributed by atoms with van der Waals surface area (Å²) in [6.45, 7) is 1.93. The molecular formula is C12H12ClNO3. The number of benzene rings is 1. The predicted molar refractivity (Wildman–Crippen MR) is 65.3 cm³/mol. The number of rotatable bonds is 5. The summed E-state index contributed by atoms with van der Waals surface area (Å²) in [6.07, 6.45) is 1.92. The van der Waals surface area contributed by atoms with Crippen LogP contribution in [0.5, 0.6) is 0 Å². The van der Waals surface area contributed by atoms with Gasteiger partial charge in [-0.15, -0.1) is 0 Å². The van der Waals surface area contributed by atoms with E-state index in [2.05, 4.69) is 5.32 Å². The van der Waals surface area contributed by atoms with Gasteiger partial charge in [0.15, 0.2) is 0 Å². The Kier molecular flexibility index (Phi) is 5.23. The molecule has 0 aliphatic rings. The van der Waals surface area contributed by atoms with Gasteiger partial charge in [-0.1, -0.05) is 23.7 Å². The number of amides is 1. The van der Waals surface area contributed by atoms with E-state index in [1.165, 1.54) is 6.08 Å². The zero-order valence-corrected chi connectivity index (χ0v) is 10.0. The van der Waals surface area contributed by atoms with Crippen molar-refractivity contribution in [2.24, 2.45) is 0 Å². The summed E-state index contributed by atoms with van der Waals surface area (Å²) in [7, 11) is 0. The van der Waals surface area contributed by atoms with E-state index >= 15 is 0 Å². The number of nitrogens with one attached hydrogen (secondary N) is 1. The second kappa shape index (κ2) is 6.70. The van der Waals surface area contributed by atoms with Crippen LogP contribution < -0.4 is 5.32 Å². The first-order chi connectivity index (χ1) is 8.17. The van der Waals surface area contributed by atoms with Gasteiger partial charge in [0.1, 0.15) is 5.70 Å². The monoisotopic (exact) mass is 253 g/mol. The van der Waals surface area contributed by atoms with E-state index in [1.807, 2.05) is 0 Å². The molecule has 17 heavy (non-hydrogen) atoms. The van der Waals surface area contributed by atoms with Gasteiger partial charge in [0.25, 0.3) is 0 Å². The Balaban J connectivity index is 2.96. The normalized spacial score (nSPS) is 10.8. The number of ether oxygens (including phenoxy) is 1. The number of hydrogen-bond donors (Lipinski definition) is 1. The highest BCUT2D eigenvalue weighted by Crippen LogP contribution is 2.13. The SMILES string of the molecule is CCOC(=O)/C(=C\c1cccc(Cl)c1)NC=O. The second-order valence-corrected chi connectivity index (χ2v) is 3.53. The third-order valence-electron chi connectivity index (χ3n) is 1.87. The van der Waals surface area contributed by atoms with Crippen LogP contribution >= 0.6 is 11.6 Å². The van der Waals surface area contributed by atoms with Gasteiger partial charge < -0.3 is 10.1 Å². The van der Waals surface area contributed by atoms with Crippen molar-refractivity contribution in [3.05, 3.63) is 40.5 Å². The number of halogens is 1. The molecule has 0 saturated heterocycles. The van der Waals surface area contributed by atoms with Crippen LogP contribution in [0.25, 0.3) is 6.08 Å². The molecule has 1 amide bonds. The highest BCUT2D eigenvalue weighted by atomic mass is 35.5. The molecule has 0 heterocycles. The minimum absolute atomic E-state index is 0.0733. The van der Waals surface area contributed by atoms with Gasteiger partial charge >= 0.3 is 5.97 Å². The number of hydrogen-bond acceptors (Lipinski definition) is 3. The third-order valence-corrected chi connectivity index (χ3v) is 2.10. The van der Waals surface area contributed by atoms with E-state index in [-0.39, 0.29) is 12.3 Å². The van der Waals surface area contributed by atoms with Gasteiger partial charge in [-0.25, -0.2) is 4.79 Å². The molecule has 0 saturated carbocycles. The van der Waals surface area contributed by atoms with Gasteiger partial charge in [0.2, 0.25) is 6.41 Å². The van der Waals surface area contributed by atoms with E-state index in [0.717, 1.165) is 0 Å². The van der Waals surface area contributed by atoms with Crippen LogP contribution in [0.1, 0.15) is 12.5 Å². The lowest BCUT2D eigenvalue weighted by atomic mass is 10.2. The summed E-state index contributed by atoms with van der Waals surface area (Å²) < 4.78 is 4.80. The largest absolute Gasteiger partial charge is 0.461 e. The first-order valence-electron chi connectivity index (χ1n) is 5.02. The minimum Gasteiger partial charge on any atom is -0.461 e. The van der Waals surface area contributed by atoms with E-state index in [9.17, 15) is 9.59 Å².